The molecule has 3 rings (SSSR count). The van der Waals surface area contributed by atoms with Crippen molar-refractivity contribution in [2.24, 2.45) is 0 Å². The smallest absolute Gasteiger partial charge is 0.121 e. The summed E-state index contributed by atoms with van der Waals surface area (Å²) in [6.07, 6.45) is 7.67. The second-order valence-corrected chi connectivity index (χ2v) is 4.96. The molecule has 0 aliphatic heterocycles. The molecule has 1 aromatic heterocycles. The predicted molar refractivity (Wildman–Crippen MR) is 55.0 cm³/mol. The quantitative estimate of drug-likeness (QED) is 0.728. The van der Waals surface area contributed by atoms with Gasteiger partial charge in [0.15, 0.2) is 0 Å². The normalized spacial score (nSPS) is 21.6. The molecule has 0 radical (unpaired) electrons. The molecule has 0 atom stereocenters. The van der Waals surface area contributed by atoms with E-state index in [2.05, 4.69) is 15.9 Å². The highest BCUT2D eigenvalue weighted by Crippen LogP contribution is 2.45. The molecule has 1 heterocycles. The number of hydrogen-bond acceptors (Lipinski definition) is 1. The lowest BCUT2D eigenvalue weighted by Crippen LogP contribution is -2.08. The van der Waals surface area contributed by atoms with Crippen LogP contribution in [0.3, 0.4) is 0 Å². The Bertz CT molecular complexity index is 336. The maximum absolute atomic E-state index is 5.91. The van der Waals surface area contributed by atoms with Crippen LogP contribution in [0.4, 0.5) is 0 Å². The molecule has 2 aliphatic carbocycles. The lowest BCUT2D eigenvalue weighted by atomic mass is 9.83. The molecule has 0 aromatic carbocycles. The van der Waals surface area contributed by atoms with Crippen LogP contribution in [-0.2, 0) is 12.8 Å². The Labute approximate surface area is 86.6 Å². The summed E-state index contributed by atoms with van der Waals surface area (Å²) in [7, 11) is 0. The van der Waals surface area contributed by atoms with Crippen LogP contribution in [0.15, 0.2) is 8.89 Å². The lowest BCUT2D eigenvalue weighted by molar-refractivity contribution is 0.334. The van der Waals surface area contributed by atoms with Crippen LogP contribution in [0.5, 0.6) is 0 Å². The van der Waals surface area contributed by atoms with Crippen LogP contribution < -0.4 is 0 Å². The van der Waals surface area contributed by atoms with E-state index >= 15 is 0 Å². The van der Waals surface area contributed by atoms with Crippen molar-refractivity contribution in [3.8, 4) is 0 Å². The van der Waals surface area contributed by atoms with Crippen LogP contribution in [0.2, 0.25) is 0 Å². The van der Waals surface area contributed by atoms with Gasteiger partial charge in [0.25, 0.3) is 0 Å². The summed E-state index contributed by atoms with van der Waals surface area (Å²) in [5.74, 6) is 3.23. The molecular formula is C11H13BrO. The highest BCUT2D eigenvalue weighted by Gasteiger charge is 2.30. The van der Waals surface area contributed by atoms with Gasteiger partial charge in [0.2, 0.25) is 0 Å². The molecule has 0 amide bonds. The lowest BCUT2D eigenvalue weighted by Gasteiger charge is -2.23. The largest absolute Gasteiger partial charge is 0.464 e. The van der Waals surface area contributed by atoms with Crippen molar-refractivity contribution in [3.63, 3.8) is 0 Å². The highest BCUT2D eigenvalue weighted by molar-refractivity contribution is 9.10. The summed E-state index contributed by atoms with van der Waals surface area (Å²) in [6.45, 7) is 0. The van der Waals surface area contributed by atoms with Gasteiger partial charge in [0.05, 0.1) is 4.47 Å². The van der Waals surface area contributed by atoms with E-state index in [0.29, 0.717) is 0 Å². The van der Waals surface area contributed by atoms with E-state index in [1.165, 1.54) is 53.7 Å². The zero-order chi connectivity index (χ0) is 8.84. The molecule has 0 spiro atoms. The molecule has 2 aliphatic rings. The van der Waals surface area contributed by atoms with E-state index in [9.17, 15) is 0 Å². The average molecular weight is 241 g/mol. The van der Waals surface area contributed by atoms with Crippen molar-refractivity contribution < 1.29 is 4.42 Å². The number of halogens is 1. The molecular weight excluding hydrogens is 228 g/mol. The van der Waals surface area contributed by atoms with Crippen molar-refractivity contribution in [2.45, 2.75) is 44.4 Å². The second kappa shape index (κ2) is 2.88. The van der Waals surface area contributed by atoms with E-state index in [4.69, 9.17) is 4.42 Å². The molecule has 0 bridgehead atoms. The molecule has 0 N–H and O–H groups in total. The second-order valence-electron chi connectivity index (χ2n) is 4.16. The molecule has 0 unspecified atom stereocenters. The van der Waals surface area contributed by atoms with Crippen LogP contribution in [-0.4, -0.2) is 0 Å². The minimum absolute atomic E-state index is 0.722. The van der Waals surface area contributed by atoms with Gasteiger partial charge in [-0.2, -0.15) is 0 Å². The first-order valence-electron chi connectivity index (χ1n) is 5.16. The number of hydrogen-bond donors (Lipinski definition) is 0. The first kappa shape index (κ1) is 8.10. The predicted octanol–water partition coefficient (Wildman–Crippen LogP) is 3.80. The summed E-state index contributed by atoms with van der Waals surface area (Å²) in [5.41, 5.74) is 1.46. The number of rotatable bonds is 1. The van der Waals surface area contributed by atoms with Gasteiger partial charge >= 0.3 is 0 Å². The van der Waals surface area contributed by atoms with E-state index in [1.54, 1.807) is 0 Å². The standard InChI is InChI=1S/C11H13BrO/c12-10-8-5-2-6-9(8)13-11(10)7-3-1-4-7/h7H,1-6H2. The van der Waals surface area contributed by atoms with Crippen molar-refractivity contribution in [3.05, 3.63) is 21.6 Å². The SMILES string of the molecule is Brc1c(C2CCC2)oc2c1CCC2. The van der Waals surface area contributed by atoms with Crippen molar-refractivity contribution >= 4 is 15.9 Å². The Kier molecular flexibility index (Phi) is 1.79. The molecule has 1 saturated carbocycles. The van der Waals surface area contributed by atoms with Gasteiger partial charge in [-0.3, -0.25) is 0 Å². The van der Waals surface area contributed by atoms with Crippen molar-refractivity contribution in [1.29, 1.82) is 0 Å². The summed E-state index contributed by atoms with van der Waals surface area (Å²) >= 11 is 3.68. The monoisotopic (exact) mass is 240 g/mol. The third-order valence-electron chi connectivity index (χ3n) is 3.36. The summed E-state index contributed by atoms with van der Waals surface area (Å²) in [5, 5.41) is 0. The third-order valence-corrected chi connectivity index (χ3v) is 4.23. The zero-order valence-electron chi connectivity index (χ0n) is 7.61. The fraction of sp³-hybridized carbons (Fsp3) is 0.636. The molecule has 1 nitrogen and oxygen atoms in total. The van der Waals surface area contributed by atoms with Gasteiger partial charge in [-0.05, 0) is 41.6 Å². The Balaban J connectivity index is 2.01. The first-order valence-corrected chi connectivity index (χ1v) is 5.95. The van der Waals surface area contributed by atoms with Gasteiger partial charge in [-0.1, -0.05) is 6.42 Å². The van der Waals surface area contributed by atoms with Crippen LogP contribution in [0.1, 0.15) is 48.7 Å². The average Bonchev–Trinajstić information content (AvgIpc) is 2.54. The van der Waals surface area contributed by atoms with E-state index < -0.39 is 0 Å². The van der Waals surface area contributed by atoms with Crippen LogP contribution >= 0.6 is 15.9 Å². The minimum Gasteiger partial charge on any atom is -0.464 e. The Morgan fingerprint density at radius 2 is 2.00 bits per heavy atom. The summed E-state index contributed by atoms with van der Waals surface area (Å²) in [6, 6.07) is 0. The van der Waals surface area contributed by atoms with Crippen LogP contribution in [0.25, 0.3) is 0 Å². The molecule has 1 fully saturated rings. The van der Waals surface area contributed by atoms with E-state index in [-0.39, 0.29) is 0 Å². The van der Waals surface area contributed by atoms with Gasteiger partial charge in [0.1, 0.15) is 11.5 Å². The number of fused-ring (bicyclic) bond motifs is 1. The van der Waals surface area contributed by atoms with Gasteiger partial charge in [-0.15, -0.1) is 0 Å². The third kappa shape index (κ3) is 1.11. The molecule has 0 saturated heterocycles. The van der Waals surface area contributed by atoms with Gasteiger partial charge < -0.3 is 4.42 Å². The molecule has 1 aromatic rings. The van der Waals surface area contributed by atoms with Gasteiger partial charge in [0, 0.05) is 17.9 Å². The number of furan rings is 1. The molecule has 13 heavy (non-hydrogen) atoms. The first-order chi connectivity index (χ1) is 6.36. The fourth-order valence-electron chi connectivity index (χ4n) is 2.32. The summed E-state index contributed by atoms with van der Waals surface area (Å²) in [4.78, 5) is 0. The molecule has 2 heteroatoms. The van der Waals surface area contributed by atoms with E-state index in [1.807, 2.05) is 0 Å². The van der Waals surface area contributed by atoms with Crippen LogP contribution in [0, 0.1) is 0 Å². The molecule has 70 valence electrons. The Morgan fingerprint density at radius 1 is 1.15 bits per heavy atom. The van der Waals surface area contributed by atoms with Crippen molar-refractivity contribution in [2.75, 3.05) is 0 Å². The van der Waals surface area contributed by atoms with E-state index in [0.717, 1.165) is 12.3 Å². The topological polar surface area (TPSA) is 13.1 Å². The van der Waals surface area contributed by atoms with Crippen molar-refractivity contribution in [1.82, 2.24) is 0 Å². The minimum atomic E-state index is 0.722. The fourth-order valence-corrected chi connectivity index (χ4v) is 3.14. The maximum Gasteiger partial charge on any atom is 0.121 e. The van der Waals surface area contributed by atoms with Gasteiger partial charge in [-0.25, -0.2) is 0 Å². The summed E-state index contributed by atoms with van der Waals surface area (Å²) < 4.78 is 7.21. The number of aryl methyl sites for hydroxylation is 1. The zero-order valence-corrected chi connectivity index (χ0v) is 9.19. The Morgan fingerprint density at radius 3 is 2.62 bits per heavy atom. The maximum atomic E-state index is 5.91. The Hall–Kier alpha value is -0.240. The highest BCUT2D eigenvalue weighted by atomic mass is 79.9.